The van der Waals surface area contributed by atoms with Gasteiger partial charge in [-0.1, -0.05) is 56.3 Å². The molecule has 1 amide bonds. The highest BCUT2D eigenvalue weighted by Gasteiger charge is 2.29. The molecule has 0 spiro atoms. The molecule has 0 aromatic heterocycles. The number of nitrogens with one attached hydrogen (secondary N) is 1. The fourth-order valence-corrected chi connectivity index (χ4v) is 3.84. The molecular weight excluding hydrogens is 372 g/mol. The number of benzene rings is 2. The summed E-state index contributed by atoms with van der Waals surface area (Å²) in [5.74, 6) is 1.18. The van der Waals surface area contributed by atoms with E-state index in [1.807, 2.05) is 23.1 Å². The summed E-state index contributed by atoms with van der Waals surface area (Å²) in [6.07, 6.45) is 1.52. The highest BCUT2D eigenvalue weighted by molar-refractivity contribution is 5.85. The lowest BCUT2D eigenvalue weighted by atomic mass is 9.94. The van der Waals surface area contributed by atoms with Crippen molar-refractivity contribution in [2.24, 2.45) is 0 Å². The van der Waals surface area contributed by atoms with Crippen LogP contribution in [0.25, 0.3) is 0 Å². The van der Waals surface area contributed by atoms with Gasteiger partial charge in [0, 0.05) is 26.1 Å². The number of amides is 1. The summed E-state index contributed by atoms with van der Waals surface area (Å²) in [4.78, 5) is 15.2. The minimum atomic E-state index is 0. The largest absolute Gasteiger partial charge is 0.496 e. The highest BCUT2D eigenvalue weighted by atomic mass is 35.5. The van der Waals surface area contributed by atoms with Gasteiger partial charge < -0.3 is 15.0 Å². The SMILES string of the molecule is CCc1ccc(C2CNCCN2C(=O)CC(C)c2ccccc2OC)cc1.Cl. The molecule has 28 heavy (non-hydrogen) atoms. The Morgan fingerprint density at radius 2 is 1.93 bits per heavy atom. The number of carbonyl (C=O) groups is 1. The fourth-order valence-electron chi connectivity index (χ4n) is 3.84. The Labute approximate surface area is 174 Å². The lowest BCUT2D eigenvalue weighted by Crippen LogP contribution is -2.48. The Bertz CT molecular complexity index is 763. The molecule has 0 saturated carbocycles. The van der Waals surface area contributed by atoms with E-state index in [2.05, 4.69) is 49.5 Å². The zero-order chi connectivity index (χ0) is 19.2. The molecule has 0 bridgehead atoms. The van der Waals surface area contributed by atoms with Crippen LogP contribution in [0.15, 0.2) is 48.5 Å². The van der Waals surface area contributed by atoms with Gasteiger partial charge in [-0.25, -0.2) is 0 Å². The van der Waals surface area contributed by atoms with Crippen LogP contribution in [-0.2, 0) is 11.2 Å². The second-order valence-corrected chi connectivity index (χ2v) is 7.25. The molecule has 1 saturated heterocycles. The standard InChI is InChI=1S/C23H30N2O2.ClH/c1-4-18-9-11-19(12-10-18)21-16-24-13-14-25(21)23(26)15-17(2)20-7-5-6-8-22(20)27-3;/h5-12,17,21,24H,4,13-16H2,1-3H3;1H. The van der Waals surface area contributed by atoms with Crippen LogP contribution in [0.5, 0.6) is 5.75 Å². The van der Waals surface area contributed by atoms with E-state index < -0.39 is 0 Å². The number of ether oxygens (including phenoxy) is 1. The van der Waals surface area contributed by atoms with Crippen molar-refractivity contribution in [3.8, 4) is 5.75 Å². The Morgan fingerprint density at radius 3 is 2.61 bits per heavy atom. The Morgan fingerprint density at radius 1 is 1.21 bits per heavy atom. The van der Waals surface area contributed by atoms with Gasteiger partial charge in [-0.15, -0.1) is 12.4 Å². The van der Waals surface area contributed by atoms with Crippen LogP contribution in [0.1, 0.15) is 48.9 Å². The summed E-state index contributed by atoms with van der Waals surface area (Å²) in [7, 11) is 1.68. The normalized spacial score (nSPS) is 17.5. The molecule has 2 aromatic carbocycles. The third-order valence-electron chi connectivity index (χ3n) is 5.49. The number of hydrogen-bond donors (Lipinski definition) is 1. The first-order chi connectivity index (χ1) is 13.1. The molecule has 1 aliphatic heterocycles. The predicted octanol–water partition coefficient (Wildman–Crippen LogP) is 4.35. The Hall–Kier alpha value is -2.04. The van der Waals surface area contributed by atoms with Gasteiger partial charge in [-0.05, 0) is 35.1 Å². The zero-order valence-electron chi connectivity index (χ0n) is 17.0. The molecule has 2 atom stereocenters. The molecule has 3 rings (SSSR count). The summed E-state index contributed by atoms with van der Waals surface area (Å²) in [5.41, 5.74) is 3.62. The molecule has 1 aliphatic rings. The quantitative estimate of drug-likeness (QED) is 0.781. The molecule has 1 N–H and O–H groups in total. The van der Waals surface area contributed by atoms with Crippen LogP contribution < -0.4 is 10.1 Å². The number of aryl methyl sites for hydroxylation is 1. The summed E-state index contributed by atoms with van der Waals surface area (Å²) < 4.78 is 5.47. The van der Waals surface area contributed by atoms with E-state index in [-0.39, 0.29) is 30.3 Å². The van der Waals surface area contributed by atoms with Gasteiger partial charge in [0.2, 0.25) is 5.91 Å². The average molecular weight is 403 g/mol. The third kappa shape index (κ3) is 5.06. The predicted molar refractivity (Wildman–Crippen MR) is 116 cm³/mol. The number of nitrogens with zero attached hydrogens (tertiary/aromatic N) is 1. The first-order valence-corrected chi connectivity index (χ1v) is 9.86. The van der Waals surface area contributed by atoms with Gasteiger partial charge in [0.05, 0.1) is 13.2 Å². The van der Waals surface area contributed by atoms with Crippen molar-refractivity contribution in [2.75, 3.05) is 26.7 Å². The molecule has 2 aromatic rings. The lowest BCUT2D eigenvalue weighted by molar-refractivity contribution is -0.134. The lowest BCUT2D eigenvalue weighted by Gasteiger charge is -2.37. The molecule has 0 radical (unpaired) electrons. The molecule has 4 nitrogen and oxygen atoms in total. The first kappa shape index (κ1) is 22.3. The summed E-state index contributed by atoms with van der Waals surface area (Å²) in [6.45, 7) is 6.66. The van der Waals surface area contributed by atoms with Crippen molar-refractivity contribution in [1.82, 2.24) is 10.2 Å². The summed E-state index contributed by atoms with van der Waals surface area (Å²) in [6, 6.07) is 16.7. The number of piperazine rings is 1. The first-order valence-electron chi connectivity index (χ1n) is 9.86. The minimum absolute atomic E-state index is 0. The van der Waals surface area contributed by atoms with E-state index in [1.54, 1.807) is 7.11 Å². The molecule has 5 heteroatoms. The van der Waals surface area contributed by atoms with Crippen molar-refractivity contribution < 1.29 is 9.53 Å². The van der Waals surface area contributed by atoms with Gasteiger partial charge in [0.15, 0.2) is 0 Å². The third-order valence-corrected chi connectivity index (χ3v) is 5.49. The van der Waals surface area contributed by atoms with Crippen LogP contribution >= 0.6 is 12.4 Å². The molecular formula is C23H31ClN2O2. The van der Waals surface area contributed by atoms with E-state index in [0.29, 0.717) is 6.42 Å². The second kappa shape index (κ2) is 10.5. The van der Waals surface area contributed by atoms with E-state index in [9.17, 15) is 4.79 Å². The van der Waals surface area contributed by atoms with Gasteiger partial charge in [0.25, 0.3) is 0 Å². The van der Waals surface area contributed by atoms with Crippen LogP contribution in [0.2, 0.25) is 0 Å². The smallest absolute Gasteiger partial charge is 0.223 e. The number of carbonyl (C=O) groups excluding carboxylic acids is 1. The molecule has 2 unspecified atom stereocenters. The van der Waals surface area contributed by atoms with Gasteiger partial charge >= 0.3 is 0 Å². The van der Waals surface area contributed by atoms with Crippen LogP contribution in [0, 0.1) is 0 Å². The summed E-state index contributed by atoms with van der Waals surface area (Å²) in [5, 5.41) is 3.44. The summed E-state index contributed by atoms with van der Waals surface area (Å²) >= 11 is 0. The van der Waals surface area contributed by atoms with Gasteiger partial charge in [-0.2, -0.15) is 0 Å². The van der Waals surface area contributed by atoms with Crippen molar-refractivity contribution in [1.29, 1.82) is 0 Å². The number of hydrogen-bond acceptors (Lipinski definition) is 3. The van der Waals surface area contributed by atoms with E-state index >= 15 is 0 Å². The Balaban J connectivity index is 0.00000280. The molecule has 1 heterocycles. The fraction of sp³-hybridized carbons (Fsp3) is 0.435. The van der Waals surface area contributed by atoms with Crippen molar-refractivity contribution in [2.45, 2.75) is 38.6 Å². The van der Waals surface area contributed by atoms with Crippen molar-refractivity contribution in [3.05, 3.63) is 65.2 Å². The van der Waals surface area contributed by atoms with Crippen molar-refractivity contribution >= 4 is 18.3 Å². The van der Waals surface area contributed by atoms with Crippen LogP contribution in [-0.4, -0.2) is 37.6 Å². The average Bonchev–Trinajstić information content (AvgIpc) is 2.73. The monoisotopic (exact) mass is 402 g/mol. The molecule has 1 fully saturated rings. The molecule has 152 valence electrons. The number of rotatable bonds is 6. The topological polar surface area (TPSA) is 41.6 Å². The van der Waals surface area contributed by atoms with E-state index in [0.717, 1.165) is 37.4 Å². The van der Waals surface area contributed by atoms with Crippen LogP contribution in [0.3, 0.4) is 0 Å². The number of para-hydroxylation sites is 1. The zero-order valence-corrected chi connectivity index (χ0v) is 17.8. The highest BCUT2D eigenvalue weighted by Crippen LogP contribution is 2.31. The number of halogens is 1. The Kier molecular flexibility index (Phi) is 8.34. The maximum absolute atomic E-state index is 13.1. The number of methoxy groups -OCH3 is 1. The molecule has 0 aliphatic carbocycles. The minimum Gasteiger partial charge on any atom is -0.496 e. The maximum atomic E-state index is 13.1. The van der Waals surface area contributed by atoms with Gasteiger partial charge in [0.1, 0.15) is 5.75 Å². The van der Waals surface area contributed by atoms with Crippen molar-refractivity contribution in [3.63, 3.8) is 0 Å². The van der Waals surface area contributed by atoms with E-state index in [4.69, 9.17) is 4.74 Å². The van der Waals surface area contributed by atoms with Gasteiger partial charge in [-0.3, -0.25) is 4.79 Å². The second-order valence-electron chi connectivity index (χ2n) is 7.25. The van der Waals surface area contributed by atoms with E-state index in [1.165, 1.54) is 11.1 Å². The van der Waals surface area contributed by atoms with Crippen LogP contribution in [0.4, 0.5) is 0 Å². The maximum Gasteiger partial charge on any atom is 0.223 e.